The number of unbranched alkanes of at least 4 members (excludes halogenated alkanes) is 1. The van der Waals surface area contributed by atoms with Crippen molar-refractivity contribution in [1.82, 2.24) is 5.32 Å². The molecule has 0 bridgehead atoms. The summed E-state index contributed by atoms with van der Waals surface area (Å²) < 4.78 is 5.53. The zero-order valence-electron chi connectivity index (χ0n) is 13.2. The highest BCUT2D eigenvalue weighted by Crippen LogP contribution is 2.34. The van der Waals surface area contributed by atoms with E-state index >= 15 is 0 Å². The van der Waals surface area contributed by atoms with Crippen molar-refractivity contribution < 1.29 is 4.74 Å². The van der Waals surface area contributed by atoms with Gasteiger partial charge >= 0.3 is 0 Å². The van der Waals surface area contributed by atoms with E-state index in [1.807, 2.05) is 0 Å². The third-order valence-corrected chi connectivity index (χ3v) is 4.64. The van der Waals surface area contributed by atoms with E-state index in [0.717, 1.165) is 24.6 Å². The molecule has 1 aromatic rings. The van der Waals surface area contributed by atoms with E-state index in [0.29, 0.717) is 6.04 Å². The molecule has 0 saturated heterocycles. The fraction of sp³-hybridized carbons (Fsp3) is 0.667. The Morgan fingerprint density at radius 1 is 1.35 bits per heavy atom. The first-order valence-corrected chi connectivity index (χ1v) is 8.19. The predicted octanol–water partition coefficient (Wildman–Crippen LogP) is 4.49. The Morgan fingerprint density at radius 2 is 2.20 bits per heavy atom. The van der Waals surface area contributed by atoms with Crippen LogP contribution >= 0.6 is 0 Å². The fourth-order valence-electron chi connectivity index (χ4n) is 3.37. The number of hydrogen-bond donors (Lipinski definition) is 1. The van der Waals surface area contributed by atoms with Crippen LogP contribution in [0, 0.1) is 5.92 Å². The number of rotatable bonds is 7. The van der Waals surface area contributed by atoms with E-state index in [4.69, 9.17) is 4.74 Å². The maximum atomic E-state index is 5.53. The molecule has 2 rings (SSSR count). The maximum absolute atomic E-state index is 5.53. The number of methoxy groups -OCH3 is 1. The van der Waals surface area contributed by atoms with Gasteiger partial charge in [-0.15, -0.1) is 0 Å². The molecule has 20 heavy (non-hydrogen) atoms. The third kappa shape index (κ3) is 3.54. The van der Waals surface area contributed by atoms with Crippen LogP contribution in [0.25, 0.3) is 0 Å². The molecule has 1 aromatic carbocycles. The monoisotopic (exact) mass is 275 g/mol. The summed E-state index contributed by atoms with van der Waals surface area (Å²) in [5.41, 5.74) is 2.88. The van der Waals surface area contributed by atoms with Crippen molar-refractivity contribution in [2.45, 2.75) is 58.4 Å². The highest BCUT2D eigenvalue weighted by molar-refractivity contribution is 5.43. The maximum Gasteiger partial charge on any atom is 0.122 e. The Kier molecular flexibility index (Phi) is 5.90. The fourth-order valence-corrected chi connectivity index (χ4v) is 3.37. The largest absolute Gasteiger partial charge is 0.496 e. The second-order valence-electron chi connectivity index (χ2n) is 5.94. The average molecular weight is 275 g/mol. The van der Waals surface area contributed by atoms with Crippen LogP contribution in [0.2, 0.25) is 0 Å². The number of ether oxygens (including phenoxy) is 1. The highest BCUT2D eigenvalue weighted by Gasteiger charge is 2.24. The Bertz CT molecular complexity index is 416. The van der Waals surface area contributed by atoms with Crippen LogP contribution in [0.4, 0.5) is 0 Å². The van der Waals surface area contributed by atoms with Crippen LogP contribution in [0.3, 0.4) is 0 Å². The summed E-state index contributed by atoms with van der Waals surface area (Å²) >= 11 is 0. The molecule has 0 spiro atoms. The summed E-state index contributed by atoms with van der Waals surface area (Å²) in [7, 11) is 1.78. The topological polar surface area (TPSA) is 21.3 Å². The Morgan fingerprint density at radius 3 is 2.90 bits per heavy atom. The summed E-state index contributed by atoms with van der Waals surface area (Å²) in [6.07, 6.45) is 7.66. The van der Waals surface area contributed by atoms with E-state index < -0.39 is 0 Å². The smallest absolute Gasteiger partial charge is 0.122 e. The molecule has 1 heterocycles. The quantitative estimate of drug-likeness (QED) is 0.791. The van der Waals surface area contributed by atoms with Gasteiger partial charge in [0.15, 0.2) is 0 Å². The lowest BCUT2D eigenvalue weighted by molar-refractivity contribution is 0.340. The van der Waals surface area contributed by atoms with Crippen molar-refractivity contribution >= 4 is 0 Å². The molecule has 112 valence electrons. The first-order valence-electron chi connectivity index (χ1n) is 8.19. The predicted molar refractivity (Wildman–Crippen MR) is 85.4 cm³/mol. The van der Waals surface area contributed by atoms with E-state index in [-0.39, 0.29) is 0 Å². The number of nitrogens with one attached hydrogen (secondary N) is 1. The molecule has 0 aromatic heterocycles. The summed E-state index contributed by atoms with van der Waals surface area (Å²) in [5, 5.41) is 3.71. The van der Waals surface area contributed by atoms with Crippen LogP contribution in [0.1, 0.15) is 63.1 Å². The number of benzene rings is 1. The van der Waals surface area contributed by atoms with Gasteiger partial charge in [0.1, 0.15) is 5.75 Å². The minimum absolute atomic E-state index is 0.510. The Balaban J connectivity index is 2.11. The van der Waals surface area contributed by atoms with Crippen LogP contribution < -0.4 is 10.1 Å². The van der Waals surface area contributed by atoms with Gasteiger partial charge in [-0.05, 0) is 36.9 Å². The van der Waals surface area contributed by atoms with E-state index in [2.05, 4.69) is 37.4 Å². The molecule has 0 fully saturated rings. The van der Waals surface area contributed by atoms with Gasteiger partial charge in [0, 0.05) is 11.6 Å². The normalized spacial score (nSPS) is 19.4. The zero-order valence-corrected chi connectivity index (χ0v) is 13.2. The van der Waals surface area contributed by atoms with E-state index in [1.54, 1.807) is 7.11 Å². The molecule has 1 aliphatic rings. The van der Waals surface area contributed by atoms with Crippen molar-refractivity contribution in [3.63, 3.8) is 0 Å². The minimum atomic E-state index is 0.510. The average Bonchev–Trinajstić information content (AvgIpc) is 2.50. The van der Waals surface area contributed by atoms with Crippen LogP contribution in [-0.2, 0) is 6.42 Å². The molecular formula is C18H29NO. The van der Waals surface area contributed by atoms with Gasteiger partial charge in [-0.25, -0.2) is 0 Å². The van der Waals surface area contributed by atoms with Crippen molar-refractivity contribution in [2.24, 2.45) is 5.92 Å². The highest BCUT2D eigenvalue weighted by atomic mass is 16.5. The van der Waals surface area contributed by atoms with E-state index in [1.165, 1.54) is 43.2 Å². The first-order chi connectivity index (χ1) is 9.80. The van der Waals surface area contributed by atoms with Crippen molar-refractivity contribution in [3.8, 4) is 5.75 Å². The van der Waals surface area contributed by atoms with Gasteiger partial charge in [0.25, 0.3) is 0 Å². The van der Waals surface area contributed by atoms with Gasteiger partial charge < -0.3 is 10.1 Å². The number of hydrogen-bond acceptors (Lipinski definition) is 2. The molecule has 2 nitrogen and oxygen atoms in total. The molecule has 1 aliphatic heterocycles. The van der Waals surface area contributed by atoms with Crippen LogP contribution in [0.5, 0.6) is 5.75 Å². The molecular weight excluding hydrogens is 246 g/mol. The van der Waals surface area contributed by atoms with Crippen LogP contribution in [-0.4, -0.2) is 13.7 Å². The molecule has 1 N–H and O–H groups in total. The molecule has 0 radical (unpaired) electrons. The molecule has 0 amide bonds. The van der Waals surface area contributed by atoms with Gasteiger partial charge in [-0.3, -0.25) is 0 Å². The first kappa shape index (κ1) is 15.4. The van der Waals surface area contributed by atoms with E-state index in [9.17, 15) is 0 Å². The second kappa shape index (κ2) is 7.68. The molecule has 2 unspecified atom stereocenters. The van der Waals surface area contributed by atoms with Crippen molar-refractivity contribution in [2.75, 3.05) is 13.7 Å². The number of fused-ring (bicyclic) bond motifs is 1. The lowest BCUT2D eigenvalue weighted by Gasteiger charge is -2.30. The summed E-state index contributed by atoms with van der Waals surface area (Å²) in [6.45, 7) is 5.68. The van der Waals surface area contributed by atoms with Crippen LogP contribution in [0.15, 0.2) is 18.2 Å². The molecule has 0 saturated carbocycles. The lowest BCUT2D eigenvalue weighted by atomic mass is 9.85. The molecule has 0 aliphatic carbocycles. The van der Waals surface area contributed by atoms with Gasteiger partial charge in [0.05, 0.1) is 7.11 Å². The minimum Gasteiger partial charge on any atom is -0.496 e. The van der Waals surface area contributed by atoms with Crippen molar-refractivity contribution in [3.05, 3.63) is 29.3 Å². The third-order valence-electron chi connectivity index (χ3n) is 4.64. The van der Waals surface area contributed by atoms with Gasteiger partial charge in [0.2, 0.25) is 0 Å². The lowest BCUT2D eigenvalue weighted by Crippen LogP contribution is -2.31. The molecule has 2 atom stereocenters. The Hall–Kier alpha value is -1.02. The standard InChI is InChI=1S/C18H29NO/c1-4-6-8-14(5-2)13-17-15-9-7-10-18(20-3)16(15)11-12-19-17/h7,9-10,14,17,19H,4-6,8,11-13H2,1-3H3. The summed E-state index contributed by atoms with van der Waals surface area (Å²) in [5.74, 6) is 1.90. The summed E-state index contributed by atoms with van der Waals surface area (Å²) in [4.78, 5) is 0. The van der Waals surface area contributed by atoms with Crippen molar-refractivity contribution in [1.29, 1.82) is 0 Å². The van der Waals surface area contributed by atoms with Gasteiger partial charge in [-0.1, -0.05) is 51.7 Å². The summed E-state index contributed by atoms with van der Waals surface area (Å²) in [6, 6.07) is 7.01. The molecule has 2 heteroatoms. The Labute approximate surface area is 123 Å². The zero-order chi connectivity index (χ0) is 14.4. The van der Waals surface area contributed by atoms with Gasteiger partial charge in [-0.2, -0.15) is 0 Å². The second-order valence-corrected chi connectivity index (χ2v) is 5.94. The SMILES string of the molecule is CCCCC(CC)CC1NCCc2c(OC)cccc21.